The van der Waals surface area contributed by atoms with Gasteiger partial charge in [0.2, 0.25) is 5.75 Å². The Morgan fingerprint density at radius 3 is 2.11 bits per heavy atom. The molecule has 1 fully saturated rings. The molecular weight excluding hydrogens is 356 g/mol. The van der Waals surface area contributed by atoms with Gasteiger partial charge in [0.05, 0.1) is 27.0 Å². The summed E-state index contributed by atoms with van der Waals surface area (Å²) in [7, 11) is 4.79. The minimum Gasteiger partial charge on any atom is -0.493 e. The number of rotatable bonds is 6. The van der Waals surface area contributed by atoms with Crippen molar-refractivity contribution in [3.63, 3.8) is 0 Å². The highest BCUT2D eigenvalue weighted by Crippen LogP contribution is 2.40. The Labute approximate surface area is 167 Å². The first-order valence-corrected chi connectivity index (χ1v) is 9.64. The van der Waals surface area contributed by atoms with Crippen LogP contribution in [0.4, 0.5) is 0 Å². The highest BCUT2D eigenvalue weighted by molar-refractivity contribution is 5.79. The van der Waals surface area contributed by atoms with Crippen LogP contribution in [-0.2, 0) is 11.3 Å². The zero-order valence-electron chi connectivity index (χ0n) is 17.4. The van der Waals surface area contributed by atoms with E-state index >= 15 is 0 Å². The Hall–Kier alpha value is -2.60. The normalized spacial score (nSPS) is 14.1. The zero-order valence-corrected chi connectivity index (χ0v) is 17.4. The van der Waals surface area contributed by atoms with E-state index in [0.717, 1.165) is 36.5 Å². The number of carbonyl (C=O) groups excluding carboxylic acids is 1. The van der Waals surface area contributed by atoms with Crippen molar-refractivity contribution in [2.75, 3.05) is 34.4 Å². The van der Waals surface area contributed by atoms with Crippen LogP contribution in [0.15, 0.2) is 30.5 Å². The van der Waals surface area contributed by atoms with Gasteiger partial charge in [0.1, 0.15) is 5.78 Å². The average Bonchev–Trinajstić information content (AvgIpc) is 2.75. The summed E-state index contributed by atoms with van der Waals surface area (Å²) in [6.07, 6.45) is 3.10. The molecule has 2 aromatic rings. The van der Waals surface area contributed by atoms with E-state index in [9.17, 15) is 4.79 Å². The summed E-state index contributed by atoms with van der Waals surface area (Å²) in [6, 6.07) is 7.87. The number of nitrogens with zero attached hydrogens (tertiary/aromatic N) is 2. The number of Topliss-reactive ketones (excluding diaryl/α,β-unsaturated/α-hetero) is 1. The van der Waals surface area contributed by atoms with Gasteiger partial charge in [-0.15, -0.1) is 0 Å². The summed E-state index contributed by atoms with van der Waals surface area (Å²) in [5, 5.41) is 0. The summed E-state index contributed by atoms with van der Waals surface area (Å²) in [5.74, 6) is 2.12. The minimum absolute atomic E-state index is 0.356. The number of hydrogen-bond acceptors (Lipinski definition) is 6. The minimum atomic E-state index is 0.356. The van der Waals surface area contributed by atoms with Crippen LogP contribution in [0.1, 0.15) is 32.3 Å². The highest BCUT2D eigenvalue weighted by Gasteiger charge is 2.17. The van der Waals surface area contributed by atoms with Crippen LogP contribution in [0.2, 0.25) is 0 Å². The predicted octanol–water partition coefficient (Wildman–Crippen LogP) is 3.97. The highest BCUT2D eigenvalue weighted by atomic mass is 16.5. The van der Waals surface area contributed by atoms with E-state index in [2.05, 4.69) is 16.0 Å². The first-order valence-electron chi connectivity index (χ1n) is 9.64. The van der Waals surface area contributed by atoms with Crippen LogP contribution in [0.25, 0.3) is 11.3 Å². The van der Waals surface area contributed by atoms with Crippen molar-refractivity contribution in [1.29, 1.82) is 0 Å². The molecule has 0 aliphatic carbocycles. The van der Waals surface area contributed by atoms with Gasteiger partial charge >= 0.3 is 0 Å². The number of hydrogen-bond donors (Lipinski definition) is 0. The van der Waals surface area contributed by atoms with Crippen molar-refractivity contribution in [3.05, 3.63) is 36.0 Å². The van der Waals surface area contributed by atoms with Crippen molar-refractivity contribution in [2.45, 2.75) is 33.2 Å². The van der Waals surface area contributed by atoms with Gasteiger partial charge in [-0.2, -0.15) is 0 Å². The predicted molar refractivity (Wildman–Crippen MR) is 110 cm³/mol. The molecule has 0 spiro atoms. The molecule has 0 radical (unpaired) electrons. The van der Waals surface area contributed by atoms with E-state index in [1.807, 2.05) is 38.2 Å². The Bertz CT molecular complexity index is 757. The monoisotopic (exact) mass is 386 g/mol. The number of piperidine rings is 1. The smallest absolute Gasteiger partial charge is 0.203 e. The van der Waals surface area contributed by atoms with E-state index in [0.29, 0.717) is 35.9 Å². The maximum Gasteiger partial charge on any atom is 0.203 e. The SMILES string of the molecule is CC.COc1cc(-c2cc(CN3CCC(=O)CC3)ccn2)cc(OC)c1OC. The van der Waals surface area contributed by atoms with Crippen molar-refractivity contribution in [1.82, 2.24) is 9.88 Å². The second kappa shape index (κ2) is 10.7. The van der Waals surface area contributed by atoms with Crippen LogP contribution in [0.3, 0.4) is 0 Å². The van der Waals surface area contributed by atoms with E-state index in [1.54, 1.807) is 21.3 Å². The molecule has 28 heavy (non-hydrogen) atoms. The van der Waals surface area contributed by atoms with E-state index in [1.165, 1.54) is 0 Å². The first kappa shape index (κ1) is 21.7. The van der Waals surface area contributed by atoms with Crippen LogP contribution in [0.5, 0.6) is 17.2 Å². The molecule has 1 saturated heterocycles. The number of pyridine rings is 1. The average molecular weight is 386 g/mol. The lowest BCUT2D eigenvalue weighted by Gasteiger charge is -2.25. The molecule has 3 rings (SSSR count). The van der Waals surface area contributed by atoms with Crippen molar-refractivity contribution in [3.8, 4) is 28.5 Å². The van der Waals surface area contributed by atoms with Crippen LogP contribution >= 0.6 is 0 Å². The van der Waals surface area contributed by atoms with E-state index in [4.69, 9.17) is 14.2 Å². The third-order valence-electron chi connectivity index (χ3n) is 4.60. The van der Waals surface area contributed by atoms with Gasteiger partial charge < -0.3 is 14.2 Å². The van der Waals surface area contributed by atoms with Crippen LogP contribution < -0.4 is 14.2 Å². The molecule has 6 nitrogen and oxygen atoms in total. The largest absolute Gasteiger partial charge is 0.493 e. The van der Waals surface area contributed by atoms with Crippen LogP contribution in [-0.4, -0.2) is 50.1 Å². The fourth-order valence-electron chi connectivity index (χ4n) is 3.18. The molecule has 0 bridgehead atoms. The van der Waals surface area contributed by atoms with Gasteiger partial charge in [0.25, 0.3) is 0 Å². The number of ketones is 1. The standard InChI is InChI=1S/C20H24N2O4.C2H6/c1-24-18-11-15(12-19(25-2)20(18)26-3)17-10-14(4-7-21-17)13-22-8-5-16(23)6-9-22;1-2/h4,7,10-12H,5-6,8-9,13H2,1-3H3;1-2H3. The molecule has 0 atom stereocenters. The molecule has 1 aromatic heterocycles. The van der Waals surface area contributed by atoms with Crippen molar-refractivity contribution < 1.29 is 19.0 Å². The summed E-state index contributed by atoms with van der Waals surface area (Å²) in [5.41, 5.74) is 2.91. The quantitative estimate of drug-likeness (QED) is 0.749. The first-order chi connectivity index (χ1) is 13.6. The lowest BCUT2D eigenvalue weighted by molar-refractivity contribution is -0.121. The molecule has 0 saturated carbocycles. The van der Waals surface area contributed by atoms with Gasteiger partial charge in [-0.3, -0.25) is 14.7 Å². The van der Waals surface area contributed by atoms with Gasteiger partial charge in [-0.25, -0.2) is 0 Å². The molecule has 0 unspecified atom stereocenters. The number of likely N-dealkylation sites (tertiary alicyclic amines) is 1. The Kier molecular flexibility index (Phi) is 8.26. The van der Waals surface area contributed by atoms with Gasteiger partial charge in [0, 0.05) is 44.2 Å². The van der Waals surface area contributed by atoms with Crippen molar-refractivity contribution >= 4 is 5.78 Å². The van der Waals surface area contributed by atoms with Crippen molar-refractivity contribution in [2.24, 2.45) is 0 Å². The Balaban J connectivity index is 0.00000136. The number of benzene rings is 1. The maximum atomic E-state index is 11.4. The maximum absolute atomic E-state index is 11.4. The lowest BCUT2D eigenvalue weighted by atomic mass is 10.1. The number of methoxy groups -OCH3 is 3. The summed E-state index contributed by atoms with van der Waals surface area (Å²) in [6.45, 7) is 6.45. The molecule has 0 N–H and O–H groups in total. The summed E-state index contributed by atoms with van der Waals surface area (Å²) >= 11 is 0. The molecule has 6 heteroatoms. The third-order valence-corrected chi connectivity index (χ3v) is 4.60. The third kappa shape index (κ3) is 5.23. The lowest BCUT2D eigenvalue weighted by Crippen LogP contribution is -2.33. The number of ether oxygens (including phenoxy) is 3. The molecule has 1 aliphatic heterocycles. The van der Waals surface area contributed by atoms with Gasteiger partial charge in [0.15, 0.2) is 11.5 Å². The second-order valence-corrected chi connectivity index (χ2v) is 6.28. The Morgan fingerprint density at radius 1 is 0.964 bits per heavy atom. The molecular formula is C22H30N2O4. The molecule has 2 heterocycles. The summed E-state index contributed by atoms with van der Waals surface area (Å²) < 4.78 is 16.2. The topological polar surface area (TPSA) is 60.9 Å². The number of carbonyl (C=O) groups is 1. The van der Waals surface area contributed by atoms with E-state index < -0.39 is 0 Å². The van der Waals surface area contributed by atoms with E-state index in [-0.39, 0.29) is 0 Å². The fourth-order valence-corrected chi connectivity index (χ4v) is 3.18. The molecule has 1 aliphatic rings. The fraction of sp³-hybridized carbons (Fsp3) is 0.455. The molecule has 152 valence electrons. The molecule has 0 amide bonds. The van der Waals surface area contributed by atoms with Crippen LogP contribution in [0, 0.1) is 0 Å². The molecule has 1 aromatic carbocycles. The zero-order chi connectivity index (χ0) is 20.5. The van der Waals surface area contributed by atoms with Gasteiger partial charge in [-0.05, 0) is 29.8 Å². The van der Waals surface area contributed by atoms with Gasteiger partial charge in [-0.1, -0.05) is 13.8 Å². The Morgan fingerprint density at radius 2 is 1.57 bits per heavy atom. The summed E-state index contributed by atoms with van der Waals surface area (Å²) in [4.78, 5) is 18.2. The number of aromatic nitrogens is 1. The second-order valence-electron chi connectivity index (χ2n) is 6.28.